The molecule has 0 aliphatic heterocycles. The molecule has 1 nitrogen and oxygen atoms in total. The van der Waals surface area contributed by atoms with Crippen LogP contribution in [-0.4, -0.2) is 0 Å². The smallest absolute Gasteiger partial charge is 0.0540 e. The van der Waals surface area contributed by atoms with Crippen molar-refractivity contribution in [1.29, 1.82) is 0 Å². The highest BCUT2D eigenvalue weighted by molar-refractivity contribution is 6.15. The molecule has 1 heteroatoms. The highest BCUT2D eigenvalue weighted by Crippen LogP contribution is 2.47. The van der Waals surface area contributed by atoms with Crippen molar-refractivity contribution in [1.82, 2.24) is 0 Å². The van der Waals surface area contributed by atoms with E-state index in [1.54, 1.807) is 0 Å². The van der Waals surface area contributed by atoms with Crippen molar-refractivity contribution in [3.63, 3.8) is 0 Å². The second kappa shape index (κ2) is 14.0. The summed E-state index contributed by atoms with van der Waals surface area (Å²) in [6.45, 7) is 0. The Morgan fingerprint density at radius 2 is 0.782 bits per heavy atom. The lowest BCUT2D eigenvalue weighted by Crippen LogP contribution is -2.12. The highest BCUT2D eigenvalue weighted by atomic mass is 15.1. The summed E-state index contributed by atoms with van der Waals surface area (Å²) in [7, 11) is 0. The van der Waals surface area contributed by atoms with Gasteiger partial charge in [-0.05, 0) is 108 Å². The van der Waals surface area contributed by atoms with Crippen molar-refractivity contribution >= 4 is 49.4 Å². The van der Waals surface area contributed by atoms with Crippen LogP contribution in [0.15, 0.2) is 224 Å². The standard InChI is InChI=1S/C54H37N/c1-3-17-38(18-4-1)48-34-33-44(37-52(48)40-19-5-2-6-20-40)55(43-25-15-24-41(35-43)46-31-16-23-39-21-7-9-26-45(39)46)54-32-14-13-30-51(54)53-36-42-22-8-10-27-47(42)49-28-11-12-29-50(49)53/h1-37H. The zero-order chi connectivity index (χ0) is 36.6. The number of rotatable bonds is 7. The topological polar surface area (TPSA) is 3.24 Å². The van der Waals surface area contributed by atoms with Gasteiger partial charge in [-0.1, -0.05) is 188 Å². The van der Waals surface area contributed by atoms with E-state index in [2.05, 4.69) is 229 Å². The van der Waals surface area contributed by atoms with Crippen LogP contribution in [0.1, 0.15) is 0 Å². The van der Waals surface area contributed by atoms with Crippen LogP contribution in [0, 0.1) is 0 Å². The van der Waals surface area contributed by atoms with Gasteiger partial charge in [0.1, 0.15) is 0 Å². The minimum Gasteiger partial charge on any atom is -0.310 e. The highest BCUT2D eigenvalue weighted by Gasteiger charge is 2.21. The molecule has 10 aromatic rings. The van der Waals surface area contributed by atoms with Gasteiger partial charge in [-0.15, -0.1) is 0 Å². The first kappa shape index (κ1) is 32.4. The van der Waals surface area contributed by atoms with Gasteiger partial charge in [0.15, 0.2) is 0 Å². The van der Waals surface area contributed by atoms with Gasteiger partial charge in [0.2, 0.25) is 0 Å². The van der Waals surface area contributed by atoms with E-state index in [0.717, 1.165) is 17.1 Å². The molecule has 258 valence electrons. The molecule has 0 fully saturated rings. The zero-order valence-corrected chi connectivity index (χ0v) is 30.3. The van der Waals surface area contributed by atoms with Gasteiger partial charge in [0.25, 0.3) is 0 Å². The number of anilines is 3. The normalized spacial score (nSPS) is 11.3. The molecule has 0 bridgehead atoms. The van der Waals surface area contributed by atoms with Crippen molar-refractivity contribution in [2.75, 3.05) is 4.90 Å². The number of para-hydroxylation sites is 1. The summed E-state index contributed by atoms with van der Waals surface area (Å²) >= 11 is 0. The molecule has 0 amide bonds. The first-order valence-corrected chi connectivity index (χ1v) is 18.9. The lowest BCUT2D eigenvalue weighted by Gasteiger charge is -2.29. The lowest BCUT2D eigenvalue weighted by atomic mass is 9.91. The minimum absolute atomic E-state index is 1.09. The third kappa shape index (κ3) is 5.93. The number of fused-ring (bicyclic) bond motifs is 4. The number of benzene rings is 10. The Labute approximate surface area is 322 Å². The molecule has 0 saturated carbocycles. The van der Waals surface area contributed by atoms with Crippen molar-refractivity contribution in [3.8, 4) is 44.5 Å². The monoisotopic (exact) mass is 699 g/mol. The number of hydrogen-bond acceptors (Lipinski definition) is 1. The largest absolute Gasteiger partial charge is 0.310 e. The summed E-state index contributed by atoms with van der Waals surface area (Å²) < 4.78 is 0. The van der Waals surface area contributed by atoms with Crippen LogP contribution in [0.2, 0.25) is 0 Å². The van der Waals surface area contributed by atoms with E-state index in [-0.39, 0.29) is 0 Å². The first-order valence-electron chi connectivity index (χ1n) is 18.9. The van der Waals surface area contributed by atoms with Crippen LogP contribution in [0.3, 0.4) is 0 Å². The SMILES string of the molecule is c1ccc(-c2ccc(N(c3cccc(-c4cccc5ccccc45)c3)c3ccccc3-c3cc4ccccc4c4ccccc34)cc2-c2ccccc2)cc1. The van der Waals surface area contributed by atoms with Gasteiger partial charge in [-0.2, -0.15) is 0 Å². The van der Waals surface area contributed by atoms with E-state index in [1.807, 2.05) is 0 Å². The molecule has 0 radical (unpaired) electrons. The summed E-state index contributed by atoms with van der Waals surface area (Å²) in [5.74, 6) is 0. The summed E-state index contributed by atoms with van der Waals surface area (Å²) in [4.78, 5) is 2.45. The predicted molar refractivity (Wildman–Crippen MR) is 235 cm³/mol. The predicted octanol–water partition coefficient (Wildman–Crippen LogP) is 15.3. The van der Waals surface area contributed by atoms with Crippen molar-refractivity contribution in [3.05, 3.63) is 224 Å². The Morgan fingerprint density at radius 3 is 1.58 bits per heavy atom. The lowest BCUT2D eigenvalue weighted by molar-refractivity contribution is 1.28. The van der Waals surface area contributed by atoms with Crippen molar-refractivity contribution in [2.24, 2.45) is 0 Å². The second-order valence-electron chi connectivity index (χ2n) is 14.1. The zero-order valence-electron chi connectivity index (χ0n) is 30.3. The Balaban J connectivity index is 1.25. The van der Waals surface area contributed by atoms with Gasteiger partial charge in [0, 0.05) is 16.9 Å². The fourth-order valence-electron chi connectivity index (χ4n) is 8.29. The van der Waals surface area contributed by atoms with E-state index in [4.69, 9.17) is 0 Å². The van der Waals surface area contributed by atoms with Crippen LogP contribution in [0.4, 0.5) is 17.1 Å². The molecule has 0 heterocycles. The summed E-state index contributed by atoms with van der Waals surface area (Å²) in [5, 5.41) is 7.48. The fraction of sp³-hybridized carbons (Fsp3) is 0. The molecule has 0 spiro atoms. The molecule has 0 saturated heterocycles. The van der Waals surface area contributed by atoms with Gasteiger partial charge < -0.3 is 4.90 Å². The Morgan fingerprint density at radius 1 is 0.236 bits per heavy atom. The molecule has 0 aliphatic carbocycles. The minimum atomic E-state index is 1.09. The Hall–Kier alpha value is -7.22. The molecule has 0 unspecified atom stereocenters. The maximum atomic E-state index is 2.45. The van der Waals surface area contributed by atoms with Gasteiger partial charge >= 0.3 is 0 Å². The van der Waals surface area contributed by atoms with Gasteiger partial charge in [-0.3, -0.25) is 0 Å². The van der Waals surface area contributed by atoms with Crippen LogP contribution in [-0.2, 0) is 0 Å². The molecular weight excluding hydrogens is 663 g/mol. The number of nitrogens with zero attached hydrogens (tertiary/aromatic N) is 1. The molecule has 0 N–H and O–H groups in total. The molecular formula is C54H37N. The summed E-state index contributed by atoms with van der Waals surface area (Å²) in [5.41, 5.74) is 12.8. The van der Waals surface area contributed by atoms with E-state index in [9.17, 15) is 0 Å². The molecule has 0 aliphatic rings. The van der Waals surface area contributed by atoms with Crippen LogP contribution in [0.25, 0.3) is 76.8 Å². The third-order valence-electron chi connectivity index (χ3n) is 10.8. The molecule has 0 aromatic heterocycles. The average molecular weight is 700 g/mol. The van der Waals surface area contributed by atoms with E-state index < -0.39 is 0 Å². The van der Waals surface area contributed by atoms with Crippen LogP contribution < -0.4 is 4.90 Å². The third-order valence-corrected chi connectivity index (χ3v) is 10.8. The fourth-order valence-corrected chi connectivity index (χ4v) is 8.29. The molecule has 10 rings (SSSR count). The van der Waals surface area contributed by atoms with Crippen molar-refractivity contribution < 1.29 is 0 Å². The first-order chi connectivity index (χ1) is 27.3. The molecule has 55 heavy (non-hydrogen) atoms. The average Bonchev–Trinajstić information content (AvgIpc) is 3.27. The Bertz CT molecular complexity index is 2980. The Kier molecular flexibility index (Phi) is 8.24. The van der Waals surface area contributed by atoms with Gasteiger partial charge in [0.05, 0.1) is 5.69 Å². The van der Waals surface area contributed by atoms with Crippen LogP contribution >= 0.6 is 0 Å². The van der Waals surface area contributed by atoms with Crippen molar-refractivity contribution in [2.45, 2.75) is 0 Å². The number of hydrogen-bond donors (Lipinski definition) is 0. The van der Waals surface area contributed by atoms with Gasteiger partial charge in [-0.25, -0.2) is 0 Å². The van der Waals surface area contributed by atoms with E-state index in [0.29, 0.717) is 0 Å². The molecule has 10 aromatic carbocycles. The summed E-state index contributed by atoms with van der Waals surface area (Å²) in [6.07, 6.45) is 0. The maximum absolute atomic E-state index is 2.45. The van der Waals surface area contributed by atoms with E-state index in [1.165, 1.54) is 76.8 Å². The quantitative estimate of drug-likeness (QED) is 0.150. The van der Waals surface area contributed by atoms with Crippen LogP contribution in [0.5, 0.6) is 0 Å². The second-order valence-corrected chi connectivity index (χ2v) is 14.1. The summed E-state index contributed by atoms with van der Waals surface area (Å²) in [6, 6.07) is 81.6. The maximum Gasteiger partial charge on any atom is 0.0540 e. The molecule has 0 atom stereocenters. The van der Waals surface area contributed by atoms with E-state index >= 15 is 0 Å².